The molecule has 2 aromatic carbocycles. The summed E-state index contributed by atoms with van der Waals surface area (Å²) in [4.78, 5) is 11.9. The fourth-order valence-electron chi connectivity index (χ4n) is 2.33. The van der Waals surface area contributed by atoms with E-state index in [2.05, 4.69) is 15.6 Å². The number of carbonyl (C=O) groups is 1. The highest BCUT2D eigenvalue weighted by Gasteiger charge is 2.13. The van der Waals surface area contributed by atoms with Gasteiger partial charge in [-0.3, -0.25) is 4.79 Å². The first-order chi connectivity index (χ1) is 13.5. The lowest BCUT2D eigenvalue weighted by atomic mass is 10.3. The van der Waals surface area contributed by atoms with Crippen molar-refractivity contribution in [2.24, 2.45) is 5.10 Å². The van der Waals surface area contributed by atoms with Gasteiger partial charge in [-0.15, -0.1) is 0 Å². The van der Waals surface area contributed by atoms with Gasteiger partial charge in [0.2, 0.25) is 0 Å². The van der Waals surface area contributed by atoms with Gasteiger partial charge in [0.1, 0.15) is 10.9 Å². The molecule has 0 unspecified atom stereocenters. The standard InChI is InChI=1S/C19H15Cl3N4O2/c1-12-15(19(22)26(25-12)14-5-3-2-4-6-14)10-23-24-18(27)11-28-17-9-13(20)7-8-16(17)21/h2-10H,11H2,1H3,(H,24,27)/b23-10-. The zero-order chi connectivity index (χ0) is 20.1. The molecule has 1 heterocycles. The Morgan fingerprint density at radius 3 is 2.71 bits per heavy atom. The van der Waals surface area contributed by atoms with Crippen LogP contribution in [-0.2, 0) is 4.79 Å². The van der Waals surface area contributed by atoms with E-state index in [1.165, 1.54) is 12.3 Å². The summed E-state index contributed by atoms with van der Waals surface area (Å²) >= 11 is 18.3. The minimum absolute atomic E-state index is 0.270. The number of benzene rings is 2. The molecule has 0 fully saturated rings. The second-order valence-electron chi connectivity index (χ2n) is 5.69. The summed E-state index contributed by atoms with van der Waals surface area (Å²) in [5.74, 6) is -0.146. The van der Waals surface area contributed by atoms with Crippen LogP contribution in [0.2, 0.25) is 15.2 Å². The van der Waals surface area contributed by atoms with E-state index >= 15 is 0 Å². The predicted octanol–water partition coefficient (Wildman–Crippen LogP) is 4.67. The van der Waals surface area contributed by atoms with Crippen LogP contribution >= 0.6 is 34.8 Å². The Bertz CT molecular complexity index is 1020. The summed E-state index contributed by atoms with van der Waals surface area (Å²) in [6.07, 6.45) is 1.44. The third-order valence-corrected chi connectivity index (χ3v) is 4.59. The molecule has 9 heteroatoms. The first-order valence-corrected chi connectivity index (χ1v) is 9.29. The third kappa shape index (κ3) is 4.84. The number of ether oxygens (including phenoxy) is 1. The van der Waals surface area contributed by atoms with Crippen molar-refractivity contribution < 1.29 is 9.53 Å². The number of nitrogens with one attached hydrogen (secondary N) is 1. The molecular weight excluding hydrogens is 423 g/mol. The van der Waals surface area contributed by atoms with E-state index in [1.807, 2.05) is 30.3 Å². The van der Waals surface area contributed by atoms with E-state index in [4.69, 9.17) is 39.5 Å². The molecule has 0 aliphatic rings. The minimum Gasteiger partial charge on any atom is -0.482 e. The lowest BCUT2D eigenvalue weighted by Gasteiger charge is -2.07. The number of hydrogen-bond donors (Lipinski definition) is 1. The Kier molecular flexibility index (Phi) is 6.57. The summed E-state index contributed by atoms with van der Waals surface area (Å²) in [5.41, 5.74) is 4.47. The zero-order valence-electron chi connectivity index (χ0n) is 14.7. The Balaban J connectivity index is 1.62. The van der Waals surface area contributed by atoms with Crippen molar-refractivity contribution in [3.63, 3.8) is 0 Å². The number of para-hydroxylation sites is 1. The van der Waals surface area contributed by atoms with E-state index in [0.29, 0.717) is 32.2 Å². The maximum absolute atomic E-state index is 11.9. The van der Waals surface area contributed by atoms with Gasteiger partial charge in [-0.25, -0.2) is 10.1 Å². The first kappa shape index (κ1) is 20.2. The Morgan fingerprint density at radius 2 is 1.96 bits per heavy atom. The molecule has 0 saturated carbocycles. The van der Waals surface area contributed by atoms with E-state index in [-0.39, 0.29) is 6.61 Å². The summed E-state index contributed by atoms with van der Waals surface area (Å²) in [5, 5.41) is 9.53. The quantitative estimate of drug-likeness (QED) is 0.450. The topological polar surface area (TPSA) is 68.5 Å². The number of halogens is 3. The van der Waals surface area contributed by atoms with Gasteiger partial charge in [0.05, 0.1) is 28.2 Å². The molecule has 1 aromatic heterocycles. The molecule has 3 aromatic rings. The molecule has 0 atom stereocenters. The lowest BCUT2D eigenvalue weighted by molar-refractivity contribution is -0.123. The molecule has 3 rings (SSSR count). The van der Waals surface area contributed by atoms with Crippen LogP contribution in [0.15, 0.2) is 53.6 Å². The van der Waals surface area contributed by atoms with Gasteiger partial charge >= 0.3 is 0 Å². The predicted molar refractivity (Wildman–Crippen MR) is 111 cm³/mol. The van der Waals surface area contributed by atoms with Gasteiger partial charge in [-0.05, 0) is 31.2 Å². The highest BCUT2D eigenvalue weighted by Crippen LogP contribution is 2.27. The van der Waals surface area contributed by atoms with E-state index in [0.717, 1.165) is 5.69 Å². The average Bonchev–Trinajstić information content (AvgIpc) is 2.97. The number of amides is 1. The molecule has 1 amide bonds. The van der Waals surface area contributed by atoms with Crippen LogP contribution in [0.5, 0.6) is 5.75 Å². The molecule has 6 nitrogen and oxygen atoms in total. The monoisotopic (exact) mass is 436 g/mol. The maximum atomic E-state index is 11.9. The van der Waals surface area contributed by atoms with E-state index in [1.54, 1.807) is 23.7 Å². The van der Waals surface area contributed by atoms with E-state index in [9.17, 15) is 4.79 Å². The lowest BCUT2D eigenvalue weighted by Crippen LogP contribution is -2.24. The van der Waals surface area contributed by atoms with Crippen molar-refractivity contribution in [1.29, 1.82) is 0 Å². The molecule has 0 saturated heterocycles. The highest BCUT2D eigenvalue weighted by molar-refractivity contribution is 6.34. The smallest absolute Gasteiger partial charge is 0.277 e. The molecule has 0 aliphatic heterocycles. The summed E-state index contributed by atoms with van der Waals surface area (Å²) < 4.78 is 6.95. The maximum Gasteiger partial charge on any atom is 0.277 e. The van der Waals surface area contributed by atoms with Crippen molar-refractivity contribution in [3.05, 3.63) is 75.0 Å². The SMILES string of the molecule is Cc1nn(-c2ccccc2)c(Cl)c1/C=N\NC(=O)COc1cc(Cl)ccc1Cl. The van der Waals surface area contributed by atoms with Gasteiger partial charge < -0.3 is 4.74 Å². The number of aryl methyl sites for hydroxylation is 1. The fraction of sp³-hybridized carbons (Fsp3) is 0.105. The van der Waals surface area contributed by atoms with Gasteiger partial charge in [-0.1, -0.05) is 53.0 Å². The second-order valence-corrected chi connectivity index (χ2v) is 6.90. The molecular formula is C19H15Cl3N4O2. The van der Waals surface area contributed by atoms with Crippen molar-refractivity contribution in [3.8, 4) is 11.4 Å². The van der Waals surface area contributed by atoms with Crippen LogP contribution in [0.4, 0.5) is 0 Å². The molecule has 0 bridgehead atoms. The highest BCUT2D eigenvalue weighted by atomic mass is 35.5. The van der Waals surface area contributed by atoms with Crippen LogP contribution in [-0.4, -0.2) is 28.5 Å². The number of aromatic nitrogens is 2. The minimum atomic E-state index is -0.462. The Hall–Kier alpha value is -2.54. The van der Waals surface area contributed by atoms with Crippen LogP contribution in [0.25, 0.3) is 5.69 Å². The van der Waals surface area contributed by atoms with Crippen molar-refractivity contribution in [2.45, 2.75) is 6.92 Å². The Morgan fingerprint density at radius 1 is 1.21 bits per heavy atom. The molecule has 0 spiro atoms. The van der Waals surface area contributed by atoms with Gasteiger partial charge in [0, 0.05) is 11.1 Å². The molecule has 1 N–H and O–H groups in total. The van der Waals surface area contributed by atoms with Crippen LogP contribution in [0.1, 0.15) is 11.3 Å². The zero-order valence-corrected chi connectivity index (χ0v) is 17.0. The number of hydrogen-bond acceptors (Lipinski definition) is 4. The van der Waals surface area contributed by atoms with E-state index < -0.39 is 5.91 Å². The number of hydrazone groups is 1. The Labute approximate surface area is 176 Å². The van der Waals surface area contributed by atoms with Crippen LogP contribution in [0, 0.1) is 6.92 Å². The largest absolute Gasteiger partial charge is 0.482 e. The summed E-state index contributed by atoms with van der Waals surface area (Å²) in [6.45, 7) is 1.53. The number of rotatable bonds is 6. The summed E-state index contributed by atoms with van der Waals surface area (Å²) in [7, 11) is 0. The normalized spacial score (nSPS) is 11.0. The second kappa shape index (κ2) is 9.10. The van der Waals surface area contributed by atoms with Crippen LogP contribution in [0.3, 0.4) is 0 Å². The molecule has 144 valence electrons. The van der Waals surface area contributed by atoms with Gasteiger partial charge in [0.25, 0.3) is 5.91 Å². The number of nitrogens with zero attached hydrogens (tertiary/aromatic N) is 3. The third-order valence-electron chi connectivity index (χ3n) is 3.68. The average molecular weight is 438 g/mol. The first-order valence-electron chi connectivity index (χ1n) is 8.16. The molecule has 28 heavy (non-hydrogen) atoms. The van der Waals surface area contributed by atoms with Crippen molar-refractivity contribution in [2.75, 3.05) is 6.61 Å². The van der Waals surface area contributed by atoms with Gasteiger partial charge in [-0.2, -0.15) is 10.2 Å². The van der Waals surface area contributed by atoms with Crippen molar-refractivity contribution in [1.82, 2.24) is 15.2 Å². The van der Waals surface area contributed by atoms with Gasteiger partial charge in [0.15, 0.2) is 6.61 Å². The fourth-order valence-corrected chi connectivity index (χ4v) is 2.99. The van der Waals surface area contributed by atoms with Crippen molar-refractivity contribution >= 4 is 46.9 Å². The number of carbonyl (C=O) groups excluding carboxylic acids is 1. The summed E-state index contributed by atoms with van der Waals surface area (Å²) in [6, 6.07) is 14.2. The van der Waals surface area contributed by atoms with Crippen LogP contribution < -0.4 is 10.2 Å². The molecule has 0 radical (unpaired) electrons. The molecule has 0 aliphatic carbocycles.